The zero-order valence-electron chi connectivity index (χ0n) is 5.93. The van der Waals surface area contributed by atoms with Crippen molar-refractivity contribution in [3.8, 4) is 11.1 Å². The molecular weight excluding hydrogens is 218 g/mol. The number of rotatable bonds is 1. The van der Waals surface area contributed by atoms with E-state index in [0.29, 0.717) is 0 Å². The molecule has 0 atom stereocenters. The summed E-state index contributed by atoms with van der Waals surface area (Å²) in [6.45, 7) is 0. The molecule has 0 aromatic carbocycles. The number of hydrogen-bond acceptors (Lipinski definition) is 1. The second-order valence-electron chi connectivity index (χ2n) is 2.18. The summed E-state index contributed by atoms with van der Waals surface area (Å²) < 4.78 is 0. The summed E-state index contributed by atoms with van der Waals surface area (Å²) in [4.78, 5) is 8.57. The van der Waals surface area contributed by atoms with Crippen LogP contribution in [0.1, 0.15) is 0 Å². The third-order valence-electron chi connectivity index (χ3n) is 1.39. The number of alkyl halides is 2. The highest BCUT2D eigenvalue weighted by molar-refractivity contribution is 6.75. The molecule has 0 radical (unpaired) electrons. The fraction of sp³-hybridized carbons (Fsp3) is 0.125. The summed E-state index contributed by atoms with van der Waals surface area (Å²) in [6, 6.07) is 8.48. The summed E-state index contributed by atoms with van der Waals surface area (Å²) in [5, 5.41) is -0.738. The van der Waals surface area contributed by atoms with E-state index in [1.165, 1.54) is 11.1 Å². The van der Waals surface area contributed by atoms with Gasteiger partial charge in [0, 0.05) is 0 Å². The van der Waals surface area contributed by atoms with Crippen molar-refractivity contribution in [3.63, 3.8) is 0 Å². The molecule has 0 heterocycles. The van der Waals surface area contributed by atoms with Crippen LogP contribution in [0.5, 0.6) is 0 Å². The predicted octanol–water partition coefficient (Wildman–Crippen LogP) is 3.22. The minimum atomic E-state index is -1.08. The van der Waals surface area contributed by atoms with Gasteiger partial charge in [-0.05, 0) is 22.7 Å². The molecule has 2 aliphatic carbocycles. The molecule has 0 aliphatic heterocycles. The Bertz CT molecular complexity index is 258. The zero-order chi connectivity index (χ0) is 9.14. The first-order valence-corrected chi connectivity index (χ1v) is 4.44. The van der Waals surface area contributed by atoms with Crippen molar-refractivity contribution in [2.75, 3.05) is 0 Å². The van der Waals surface area contributed by atoms with Gasteiger partial charge in [-0.2, -0.15) is 0 Å². The van der Waals surface area contributed by atoms with Gasteiger partial charge in [0.05, 0.1) is 0 Å². The van der Waals surface area contributed by atoms with Crippen LogP contribution in [0.3, 0.4) is 0 Å². The average molecular weight is 223 g/mol. The lowest BCUT2D eigenvalue weighted by atomic mass is 9.95. The molecule has 0 spiro atoms. The molecule has 2 rings (SSSR count). The SMILES string of the molecule is O=C(Cl)C(Cl)Cl.c1cc2ccc1-2. The van der Waals surface area contributed by atoms with Crippen LogP contribution in [0, 0.1) is 0 Å². The Morgan fingerprint density at radius 1 is 1.08 bits per heavy atom. The summed E-state index contributed by atoms with van der Waals surface area (Å²) >= 11 is 14.5. The van der Waals surface area contributed by atoms with Crippen LogP contribution >= 0.6 is 34.8 Å². The lowest BCUT2D eigenvalue weighted by Crippen LogP contribution is -1.95. The molecule has 0 amide bonds. The summed E-state index contributed by atoms with van der Waals surface area (Å²) in [6.07, 6.45) is 0. The van der Waals surface area contributed by atoms with Crippen molar-refractivity contribution < 1.29 is 4.79 Å². The lowest BCUT2D eigenvalue weighted by Gasteiger charge is -2.10. The molecule has 0 saturated carbocycles. The third-order valence-corrected chi connectivity index (χ3v) is 2.23. The van der Waals surface area contributed by atoms with Gasteiger partial charge in [0.25, 0.3) is 5.24 Å². The van der Waals surface area contributed by atoms with Gasteiger partial charge in [0.15, 0.2) is 4.84 Å². The van der Waals surface area contributed by atoms with Crippen LogP contribution < -0.4 is 0 Å². The van der Waals surface area contributed by atoms with Crippen LogP contribution in [0.2, 0.25) is 0 Å². The molecule has 2 aliphatic rings. The molecule has 0 aromatic heterocycles. The standard InChI is InChI=1S/C6H4.C2HCl3O/c1-2-6-4-3-5(1)6;3-1(4)2(5)6/h1-4H;1H. The van der Waals surface area contributed by atoms with Crippen molar-refractivity contribution in [2.45, 2.75) is 4.84 Å². The Kier molecular flexibility index (Phi) is 3.39. The number of fused-ring (bicyclic) bond motifs is 1. The highest BCUT2D eigenvalue weighted by Gasteiger charge is 2.04. The Hall–Kier alpha value is -0.240. The highest BCUT2D eigenvalue weighted by atomic mass is 35.5. The van der Waals surface area contributed by atoms with Crippen LogP contribution in [0.25, 0.3) is 11.1 Å². The van der Waals surface area contributed by atoms with Gasteiger partial charge in [-0.25, -0.2) is 0 Å². The monoisotopic (exact) mass is 222 g/mol. The van der Waals surface area contributed by atoms with E-state index in [0.717, 1.165) is 0 Å². The molecule has 0 fully saturated rings. The largest absolute Gasteiger partial charge is 0.278 e. The van der Waals surface area contributed by atoms with E-state index in [-0.39, 0.29) is 0 Å². The fourth-order valence-electron chi connectivity index (χ4n) is 0.663. The van der Waals surface area contributed by atoms with Gasteiger partial charge in [-0.3, -0.25) is 4.79 Å². The Labute approximate surface area is 85.2 Å². The van der Waals surface area contributed by atoms with E-state index in [1.54, 1.807) is 0 Å². The first-order valence-electron chi connectivity index (χ1n) is 3.19. The first-order chi connectivity index (χ1) is 5.61. The van der Waals surface area contributed by atoms with Crippen molar-refractivity contribution >= 4 is 40.0 Å². The normalized spacial score (nSPS) is 10.3. The second kappa shape index (κ2) is 4.13. The first kappa shape index (κ1) is 9.85. The van der Waals surface area contributed by atoms with E-state index in [9.17, 15) is 4.79 Å². The summed E-state index contributed by atoms with van der Waals surface area (Å²) in [5.41, 5.74) is 2.85. The molecule has 0 N–H and O–H groups in total. The third kappa shape index (κ3) is 2.37. The molecule has 12 heavy (non-hydrogen) atoms. The van der Waals surface area contributed by atoms with Gasteiger partial charge in [0.1, 0.15) is 0 Å². The van der Waals surface area contributed by atoms with E-state index < -0.39 is 10.1 Å². The smallest absolute Gasteiger partial charge is 0.254 e. The van der Waals surface area contributed by atoms with E-state index in [2.05, 4.69) is 24.3 Å². The molecule has 1 nitrogen and oxygen atoms in total. The number of halogens is 3. The van der Waals surface area contributed by atoms with Gasteiger partial charge < -0.3 is 0 Å². The van der Waals surface area contributed by atoms with Crippen LogP contribution in [0.4, 0.5) is 0 Å². The van der Waals surface area contributed by atoms with E-state index in [4.69, 9.17) is 34.8 Å². The quantitative estimate of drug-likeness (QED) is 0.536. The number of hydrogen-bond donors (Lipinski definition) is 0. The highest BCUT2D eigenvalue weighted by Crippen LogP contribution is 2.29. The minimum Gasteiger partial charge on any atom is -0.278 e. The molecule has 4 heteroatoms. The lowest BCUT2D eigenvalue weighted by molar-refractivity contribution is -0.110. The Balaban J connectivity index is 0.000000120. The average Bonchev–Trinajstić information content (AvgIpc) is 1.97. The second-order valence-corrected chi connectivity index (χ2v) is 3.65. The fourth-order valence-corrected chi connectivity index (χ4v) is 0.663. The molecule has 0 aromatic rings. The maximum atomic E-state index is 9.65. The van der Waals surface area contributed by atoms with Crippen molar-refractivity contribution in [2.24, 2.45) is 0 Å². The van der Waals surface area contributed by atoms with Gasteiger partial charge >= 0.3 is 0 Å². The molecule has 0 saturated heterocycles. The van der Waals surface area contributed by atoms with E-state index >= 15 is 0 Å². The summed E-state index contributed by atoms with van der Waals surface area (Å²) in [7, 11) is 0. The maximum absolute atomic E-state index is 9.65. The van der Waals surface area contributed by atoms with Gasteiger partial charge in [0.2, 0.25) is 0 Å². The van der Waals surface area contributed by atoms with Gasteiger partial charge in [-0.1, -0.05) is 47.5 Å². The number of carbonyl (C=O) groups is 1. The van der Waals surface area contributed by atoms with Crippen molar-refractivity contribution in [3.05, 3.63) is 24.3 Å². The molecular formula is C8H5Cl3O. The molecule has 0 bridgehead atoms. The maximum Gasteiger partial charge on any atom is 0.254 e. The van der Waals surface area contributed by atoms with Crippen LogP contribution in [-0.4, -0.2) is 10.1 Å². The Morgan fingerprint density at radius 2 is 1.33 bits per heavy atom. The van der Waals surface area contributed by atoms with Crippen LogP contribution in [-0.2, 0) is 4.79 Å². The number of carbonyl (C=O) groups excluding carboxylic acids is 1. The Morgan fingerprint density at radius 3 is 1.33 bits per heavy atom. The predicted molar refractivity (Wildman–Crippen MR) is 51.8 cm³/mol. The summed E-state index contributed by atoms with van der Waals surface area (Å²) in [5.74, 6) is 0. The molecule has 0 unspecified atom stereocenters. The van der Waals surface area contributed by atoms with Gasteiger partial charge in [-0.15, -0.1) is 0 Å². The number of benzene rings is 1. The van der Waals surface area contributed by atoms with Crippen LogP contribution in [0.15, 0.2) is 24.3 Å². The molecule has 64 valence electrons. The van der Waals surface area contributed by atoms with Crippen molar-refractivity contribution in [1.29, 1.82) is 0 Å². The zero-order valence-corrected chi connectivity index (χ0v) is 8.20. The minimum absolute atomic E-state index is 0.738. The van der Waals surface area contributed by atoms with E-state index in [1.807, 2.05) is 0 Å². The topological polar surface area (TPSA) is 17.1 Å². The van der Waals surface area contributed by atoms with Crippen molar-refractivity contribution in [1.82, 2.24) is 0 Å².